The third-order valence-electron chi connectivity index (χ3n) is 4.72. The van der Waals surface area contributed by atoms with Gasteiger partial charge in [-0.2, -0.15) is 0 Å². The van der Waals surface area contributed by atoms with Crippen LogP contribution in [0.15, 0.2) is 42.5 Å². The van der Waals surface area contributed by atoms with E-state index in [-0.39, 0.29) is 18.9 Å². The van der Waals surface area contributed by atoms with Crippen LogP contribution in [0, 0.1) is 12.8 Å². The van der Waals surface area contributed by atoms with Gasteiger partial charge in [-0.05, 0) is 55.8 Å². The van der Waals surface area contributed by atoms with Gasteiger partial charge in [0.15, 0.2) is 6.61 Å². The van der Waals surface area contributed by atoms with Crippen LogP contribution in [-0.4, -0.2) is 37.5 Å². The van der Waals surface area contributed by atoms with Crippen LogP contribution in [0.25, 0.3) is 0 Å². The molecule has 1 saturated heterocycles. The van der Waals surface area contributed by atoms with Crippen molar-refractivity contribution in [3.05, 3.63) is 53.1 Å². The molecule has 1 aliphatic rings. The van der Waals surface area contributed by atoms with Gasteiger partial charge in [-0.25, -0.2) is 0 Å². The first-order valence-electron chi connectivity index (χ1n) is 9.63. The lowest BCUT2D eigenvalue weighted by molar-refractivity contribution is -0.151. The predicted molar refractivity (Wildman–Crippen MR) is 114 cm³/mol. The molecule has 0 spiro atoms. The topological polar surface area (TPSA) is 84.9 Å². The first-order valence-corrected chi connectivity index (χ1v) is 10.0. The predicted octanol–water partition coefficient (Wildman–Crippen LogP) is 3.58. The minimum absolute atomic E-state index is 0.0326. The Morgan fingerprint density at radius 2 is 1.93 bits per heavy atom. The highest BCUT2D eigenvalue weighted by Gasteiger charge is 2.36. The number of carbonyl (C=O) groups is 3. The summed E-state index contributed by atoms with van der Waals surface area (Å²) in [4.78, 5) is 38.2. The number of hydrogen-bond donors (Lipinski definition) is 1. The highest BCUT2D eigenvalue weighted by Crippen LogP contribution is 2.29. The maximum atomic E-state index is 12.3. The molecule has 0 saturated carbocycles. The molecule has 1 N–H and O–H groups in total. The molecule has 8 heteroatoms. The molecule has 3 rings (SSSR count). The maximum Gasteiger partial charge on any atom is 0.311 e. The average Bonchev–Trinajstić information content (AvgIpc) is 3.12. The fourth-order valence-electron chi connectivity index (χ4n) is 3.12. The van der Waals surface area contributed by atoms with Crippen molar-refractivity contribution >= 4 is 40.8 Å². The largest absolute Gasteiger partial charge is 0.494 e. The number of ether oxygens (including phenoxy) is 2. The van der Waals surface area contributed by atoms with Crippen LogP contribution in [-0.2, 0) is 19.1 Å². The normalized spacial score (nSPS) is 15.8. The van der Waals surface area contributed by atoms with E-state index in [9.17, 15) is 14.4 Å². The van der Waals surface area contributed by atoms with E-state index in [1.54, 1.807) is 36.4 Å². The zero-order valence-corrected chi connectivity index (χ0v) is 17.6. The van der Waals surface area contributed by atoms with Crippen LogP contribution in [0.3, 0.4) is 0 Å². The average molecular weight is 431 g/mol. The lowest BCUT2D eigenvalue weighted by Crippen LogP contribution is -2.28. The minimum Gasteiger partial charge on any atom is -0.494 e. The Kier molecular flexibility index (Phi) is 6.95. The third-order valence-corrected chi connectivity index (χ3v) is 5.13. The molecule has 7 nitrogen and oxygen atoms in total. The Hall–Kier alpha value is -3.06. The smallest absolute Gasteiger partial charge is 0.311 e. The number of benzene rings is 2. The Balaban J connectivity index is 1.50. The van der Waals surface area contributed by atoms with E-state index < -0.39 is 24.4 Å². The second-order valence-electron chi connectivity index (χ2n) is 6.95. The number of rotatable bonds is 7. The number of carbonyl (C=O) groups excluding carboxylic acids is 3. The molecule has 30 heavy (non-hydrogen) atoms. The monoisotopic (exact) mass is 430 g/mol. The summed E-state index contributed by atoms with van der Waals surface area (Å²) in [7, 11) is 0. The molecule has 2 amide bonds. The summed E-state index contributed by atoms with van der Waals surface area (Å²) in [6, 6.07) is 12.2. The SMILES string of the molecule is CCOc1ccc(NC(=O)COC(=O)[C@H]2CC(=O)N(c3ccc(C)c(Cl)c3)C2)cc1. The summed E-state index contributed by atoms with van der Waals surface area (Å²) in [6.07, 6.45) is 0.0326. The number of hydrogen-bond acceptors (Lipinski definition) is 5. The van der Waals surface area contributed by atoms with Gasteiger partial charge < -0.3 is 19.7 Å². The van der Waals surface area contributed by atoms with Gasteiger partial charge in [0.2, 0.25) is 5.91 Å². The van der Waals surface area contributed by atoms with E-state index in [2.05, 4.69) is 5.32 Å². The Morgan fingerprint density at radius 1 is 1.20 bits per heavy atom. The summed E-state index contributed by atoms with van der Waals surface area (Å²) in [5.41, 5.74) is 2.11. The molecule has 0 aliphatic carbocycles. The molecule has 0 unspecified atom stereocenters. The van der Waals surface area contributed by atoms with Crippen molar-refractivity contribution in [2.24, 2.45) is 5.92 Å². The lowest BCUT2D eigenvalue weighted by Gasteiger charge is -2.17. The fraction of sp³-hybridized carbons (Fsp3) is 0.318. The summed E-state index contributed by atoms with van der Waals surface area (Å²) in [5, 5.41) is 3.20. The highest BCUT2D eigenvalue weighted by molar-refractivity contribution is 6.31. The molecule has 1 fully saturated rings. The van der Waals surface area contributed by atoms with E-state index >= 15 is 0 Å². The summed E-state index contributed by atoms with van der Waals surface area (Å²) in [5.74, 6) is -1.15. The molecule has 1 atom stereocenters. The van der Waals surface area contributed by atoms with Crippen LogP contribution in [0.4, 0.5) is 11.4 Å². The third kappa shape index (κ3) is 5.30. The fourth-order valence-corrected chi connectivity index (χ4v) is 3.29. The van der Waals surface area contributed by atoms with Crippen molar-refractivity contribution < 1.29 is 23.9 Å². The van der Waals surface area contributed by atoms with E-state index in [1.165, 1.54) is 4.90 Å². The first-order chi connectivity index (χ1) is 14.4. The molecule has 158 valence electrons. The van der Waals surface area contributed by atoms with E-state index in [0.29, 0.717) is 28.8 Å². The van der Waals surface area contributed by atoms with Crippen molar-refractivity contribution in [1.29, 1.82) is 0 Å². The number of anilines is 2. The molecule has 1 aliphatic heterocycles. The first kappa shape index (κ1) is 21.6. The van der Waals surface area contributed by atoms with Crippen LogP contribution in [0.2, 0.25) is 5.02 Å². The molecular formula is C22H23ClN2O5. The van der Waals surface area contributed by atoms with Gasteiger partial charge in [0.05, 0.1) is 12.5 Å². The second kappa shape index (κ2) is 9.63. The van der Waals surface area contributed by atoms with Crippen LogP contribution in [0.5, 0.6) is 5.75 Å². The van der Waals surface area contributed by atoms with E-state index in [0.717, 1.165) is 5.56 Å². The van der Waals surface area contributed by atoms with Crippen molar-refractivity contribution in [2.75, 3.05) is 30.0 Å². The molecule has 1 heterocycles. The van der Waals surface area contributed by atoms with Crippen LogP contribution < -0.4 is 15.0 Å². The van der Waals surface area contributed by atoms with Crippen LogP contribution >= 0.6 is 11.6 Å². The van der Waals surface area contributed by atoms with E-state index in [4.69, 9.17) is 21.1 Å². The molecule has 0 radical (unpaired) electrons. The van der Waals surface area contributed by atoms with Gasteiger partial charge in [0, 0.05) is 29.4 Å². The maximum absolute atomic E-state index is 12.3. The lowest BCUT2D eigenvalue weighted by atomic mass is 10.1. The highest BCUT2D eigenvalue weighted by atomic mass is 35.5. The number of nitrogens with one attached hydrogen (secondary N) is 1. The van der Waals surface area contributed by atoms with Crippen LogP contribution in [0.1, 0.15) is 18.9 Å². The van der Waals surface area contributed by atoms with Crippen molar-refractivity contribution in [3.63, 3.8) is 0 Å². The molecule has 0 bridgehead atoms. The van der Waals surface area contributed by atoms with Gasteiger partial charge >= 0.3 is 5.97 Å². The van der Waals surface area contributed by atoms with Gasteiger partial charge in [0.25, 0.3) is 5.91 Å². The van der Waals surface area contributed by atoms with Crippen molar-refractivity contribution in [1.82, 2.24) is 0 Å². The second-order valence-corrected chi connectivity index (χ2v) is 7.36. The summed E-state index contributed by atoms with van der Waals surface area (Å²) < 4.78 is 10.5. The van der Waals surface area contributed by atoms with Crippen molar-refractivity contribution in [2.45, 2.75) is 20.3 Å². The number of halogens is 1. The number of amides is 2. The molecule has 0 aromatic heterocycles. The molecule has 2 aromatic rings. The van der Waals surface area contributed by atoms with Gasteiger partial charge in [-0.15, -0.1) is 0 Å². The Bertz CT molecular complexity index is 945. The zero-order valence-electron chi connectivity index (χ0n) is 16.8. The molecular weight excluding hydrogens is 408 g/mol. The van der Waals surface area contributed by atoms with Gasteiger partial charge in [0.1, 0.15) is 5.75 Å². The van der Waals surface area contributed by atoms with Crippen molar-refractivity contribution in [3.8, 4) is 5.75 Å². The summed E-state index contributed by atoms with van der Waals surface area (Å²) in [6.45, 7) is 4.08. The summed E-state index contributed by atoms with van der Waals surface area (Å²) >= 11 is 6.13. The quantitative estimate of drug-likeness (QED) is 0.678. The van der Waals surface area contributed by atoms with Gasteiger partial charge in [-0.1, -0.05) is 17.7 Å². The number of esters is 1. The number of aryl methyl sites for hydroxylation is 1. The Labute approximate surface area is 179 Å². The zero-order chi connectivity index (χ0) is 21.7. The standard InChI is InChI=1S/C22H23ClN2O5/c1-3-29-18-8-5-16(6-9-18)24-20(26)13-30-22(28)15-10-21(27)25(12-15)17-7-4-14(2)19(23)11-17/h4-9,11,15H,3,10,12-13H2,1-2H3,(H,24,26)/t15-/m0/s1. The number of nitrogens with zero attached hydrogens (tertiary/aromatic N) is 1. The minimum atomic E-state index is -0.629. The Morgan fingerprint density at radius 3 is 2.60 bits per heavy atom. The van der Waals surface area contributed by atoms with E-state index in [1.807, 2.05) is 19.9 Å². The molecule has 2 aromatic carbocycles. The van der Waals surface area contributed by atoms with Gasteiger partial charge in [-0.3, -0.25) is 14.4 Å².